The highest BCUT2D eigenvalue weighted by Crippen LogP contribution is 2.28. The first-order valence-electron chi connectivity index (χ1n) is 15.1. The molecule has 1 fully saturated rings. The molecule has 3 N–H and O–H groups in total. The van der Waals surface area contributed by atoms with Gasteiger partial charge in [-0.1, -0.05) is 65.9 Å². The molecular weight excluding hydrogens is 625 g/mol. The molecule has 0 bridgehead atoms. The molecule has 1 aliphatic rings. The Morgan fingerprint density at radius 3 is 2.37 bits per heavy atom. The summed E-state index contributed by atoms with van der Waals surface area (Å²) in [5.41, 5.74) is 3.41. The Labute approximate surface area is 271 Å². The van der Waals surface area contributed by atoms with Crippen molar-refractivity contribution in [2.24, 2.45) is 5.14 Å². The van der Waals surface area contributed by atoms with Gasteiger partial charge in [-0.15, -0.1) is 16.4 Å². The lowest BCUT2D eigenvalue weighted by Gasteiger charge is -2.34. The first kappa shape index (κ1) is 31.8. The van der Waals surface area contributed by atoms with E-state index in [4.69, 9.17) is 9.88 Å². The topological polar surface area (TPSA) is 149 Å². The standard InChI is InChI=1S/C32H36N8O4S2/c33-46(42,43)32-35-28-12-11-27(20-30(28)45-32)44-23-26-22-40(37-36-26)29(19-24-7-3-1-4-8-24)31(41)34-13-14-38-15-17-39(18-16-38)21-25-9-5-2-6-10-25/h1-12,20,22,29H,13-19,21,23H2,(H,34,41)(H2,33,42,43)/t29-/m0/s1. The number of nitrogens with one attached hydrogen (secondary N) is 1. The van der Waals surface area contributed by atoms with Crippen LogP contribution in [0.4, 0.5) is 0 Å². The number of carbonyl (C=O) groups is 1. The predicted octanol–water partition coefficient (Wildman–Crippen LogP) is 2.83. The summed E-state index contributed by atoms with van der Waals surface area (Å²) in [5, 5.41) is 16.9. The van der Waals surface area contributed by atoms with Gasteiger partial charge in [-0.25, -0.2) is 23.2 Å². The third-order valence-corrected chi connectivity index (χ3v) is 10.2. The number of piperazine rings is 1. The fourth-order valence-electron chi connectivity index (χ4n) is 5.40. The number of hydrogen-bond donors (Lipinski definition) is 2. The largest absolute Gasteiger partial charge is 0.487 e. The van der Waals surface area contributed by atoms with Crippen molar-refractivity contribution in [2.45, 2.75) is 30.0 Å². The van der Waals surface area contributed by atoms with E-state index < -0.39 is 16.1 Å². The van der Waals surface area contributed by atoms with Crippen LogP contribution in [0.25, 0.3) is 10.2 Å². The van der Waals surface area contributed by atoms with Gasteiger partial charge in [-0.2, -0.15) is 0 Å². The van der Waals surface area contributed by atoms with Crippen LogP contribution in [0.2, 0.25) is 0 Å². The number of benzene rings is 3. The van der Waals surface area contributed by atoms with Gasteiger partial charge in [0.1, 0.15) is 24.1 Å². The smallest absolute Gasteiger partial charge is 0.265 e. The summed E-state index contributed by atoms with van der Waals surface area (Å²) >= 11 is 0.982. The molecule has 14 heteroatoms. The minimum atomic E-state index is -3.88. The Kier molecular flexibility index (Phi) is 10.00. The molecule has 3 aromatic carbocycles. The number of aromatic nitrogens is 4. The van der Waals surface area contributed by atoms with Gasteiger partial charge < -0.3 is 10.1 Å². The van der Waals surface area contributed by atoms with Crippen LogP contribution in [0, 0.1) is 0 Å². The lowest BCUT2D eigenvalue weighted by Crippen LogP contribution is -2.48. The summed E-state index contributed by atoms with van der Waals surface area (Å²) in [7, 11) is -3.88. The minimum Gasteiger partial charge on any atom is -0.487 e. The Bertz CT molecular complexity index is 1860. The second-order valence-corrected chi connectivity index (χ2v) is 14.0. The molecule has 0 aliphatic carbocycles. The minimum absolute atomic E-state index is 0.113. The Morgan fingerprint density at radius 1 is 0.957 bits per heavy atom. The second-order valence-electron chi connectivity index (χ2n) is 11.2. The van der Waals surface area contributed by atoms with Gasteiger partial charge in [-0.3, -0.25) is 14.6 Å². The lowest BCUT2D eigenvalue weighted by molar-refractivity contribution is -0.124. The van der Waals surface area contributed by atoms with Gasteiger partial charge in [-0.05, 0) is 29.3 Å². The first-order chi connectivity index (χ1) is 22.3. The number of primary sulfonamides is 1. The van der Waals surface area contributed by atoms with Crippen molar-refractivity contribution in [1.29, 1.82) is 0 Å². The number of amides is 1. The van der Waals surface area contributed by atoms with Gasteiger partial charge in [0.15, 0.2) is 0 Å². The summed E-state index contributed by atoms with van der Waals surface area (Å²) < 4.78 is 31.3. The summed E-state index contributed by atoms with van der Waals surface area (Å²) in [5.74, 6) is 0.399. The fraction of sp³-hybridized carbons (Fsp3) is 0.312. The van der Waals surface area contributed by atoms with E-state index in [-0.39, 0.29) is 16.9 Å². The van der Waals surface area contributed by atoms with E-state index in [1.807, 2.05) is 36.4 Å². The Morgan fingerprint density at radius 2 is 1.65 bits per heavy atom. The van der Waals surface area contributed by atoms with Crippen LogP contribution < -0.4 is 15.2 Å². The zero-order chi connectivity index (χ0) is 31.9. The Balaban J connectivity index is 1.04. The molecule has 0 radical (unpaired) electrons. The quantitative estimate of drug-likeness (QED) is 0.195. The lowest BCUT2D eigenvalue weighted by atomic mass is 10.1. The molecule has 1 saturated heterocycles. The molecule has 240 valence electrons. The van der Waals surface area contributed by atoms with E-state index in [1.54, 1.807) is 29.1 Å². The van der Waals surface area contributed by atoms with E-state index in [1.165, 1.54) is 5.56 Å². The number of sulfonamides is 1. The highest BCUT2D eigenvalue weighted by molar-refractivity contribution is 7.91. The molecule has 12 nitrogen and oxygen atoms in total. The van der Waals surface area contributed by atoms with Gasteiger partial charge in [0.2, 0.25) is 10.2 Å². The number of hydrogen-bond acceptors (Lipinski definition) is 10. The maximum Gasteiger partial charge on any atom is 0.265 e. The third kappa shape index (κ3) is 8.33. The molecule has 46 heavy (non-hydrogen) atoms. The third-order valence-electron chi connectivity index (χ3n) is 7.86. The number of carbonyl (C=O) groups excluding carboxylic acids is 1. The molecule has 2 aromatic heterocycles. The highest BCUT2D eigenvalue weighted by Gasteiger charge is 2.24. The summed E-state index contributed by atoms with van der Waals surface area (Å²) in [6.07, 6.45) is 2.19. The van der Waals surface area contributed by atoms with Crippen LogP contribution in [-0.4, -0.2) is 83.4 Å². The first-order valence-corrected chi connectivity index (χ1v) is 17.4. The number of nitrogens with zero attached hydrogens (tertiary/aromatic N) is 6. The monoisotopic (exact) mass is 660 g/mol. The van der Waals surface area contributed by atoms with E-state index >= 15 is 0 Å². The van der Waals surface area contributed by atoms with Crippen molar-refractivity contribution in [2.75, 3.05) is 39.3 Å². The van der Waals surface area contributed by atoms with E-state index in [9.17, 15) is 13.2 Å². The number of thiazole rings is 1. The zero-order valence-corrected chi connectivity index (χ0v) is 26.9. The van der Waals surface area contributed by atoms with Crippen molar-refractivity contribution in [3.8, 4) is 5.75 Å². The van der Waals surface area contributed by atoms with E-state index in [0.717, 1.165) is 56.2 Å². The van der Waals surface area contributed by atoms with E-state index in [2.05, 4.69) is 54.7 Å². The molecular formula is C32H36N8O4S2. The van der Waals surface area contributed by atoms with Crippen molar-refractivity contribution in [3.63, 3.8) is 0 Å². The number of rotatable bonds is 13. The van der Waals surface area contributed by atoms with Crippen LogP contribution in [0.15, 0.2) is 89.4 Å². The molecule has 5 aromatic rings. The van der Waals surface area contributed by atoms with Gasteiger partial charge in [0.05, 0.1) is 16.4 Å². The molecule has 6 rings (SSSR count). The van der Waals surface area contributed by atoms with Crippen molar-refractivity contribution in [3.05, 3.63) is 102 Å². The molecule has 1 atom stereocenters. The molecule has 3 heterocycles. The molecule has 0 spiro atoms. The van der Waals surface area contributed by atoms with E-state index in [0.29, 0.717) is 34.6 Å². The fourth-order valence-corrected chi connectivity index (χ4v) is 7.08. The number of ether oxygens (including phenoxy) is 1. The second kappa shape index (κ2) is 14.5. The molecule has 0 unspecified atom stereocenters. The van der Waals surface area contributed by atoms with Crippen LogP contribution in [0.1, 0.15) is 22.9 Å². The Hall–Kier alpha value is -4.21. The normalized spacial score (nSPS) is 15.2. The van der Waals surface area contributed by atoms with Gasteiger partial charge in [0.25, 0.3) is 10.0 Å². The van der Waals surface area contributed by atoms with Gasteiger partial charge >= 0.3 is 0 Å². The maximum absolute atomic E-state index is 13.5. The van der Waals surface area contributed by atoms with Crippen molar-refractivity contribution in [1.82, 2.24) is 35.1 Å². The summed E-state index contributed by atoms with van der Waals surface area (Å²) in [6, 6.07) is 24.9. The van der Waals surface area contributed by atoms with Crippen LogP contribution in [-0.2, 0) is 34.4 Å². The maximum atomic E-state index is 13.5. The zero-order valence-electron chi connectivity index (χ0n) is 25.2. The average molecular weight is 661 g/mol. The summed E-state index contributed by atoms with van der Waals surface area (Å²) in [6.45, 7) is 6.32. The highest BCUT2D eigenvalue weighted by atomic mass is 32.2. The average Bonchev–Trinajstić information content (AvgIpc) is 3.72. The van der Waals surface area contributed by atoms with Crippen LogP contribution >= 0.6 is 11.3 Å². The van der Waals surface area contributed by atoms with Crippen molar-refractivity contribution >= 4 is 37.5 Å². The number of fused-ring (bicyclic) bond motifs is 1. The SMILES string of the molecule is NS(=O)(=O)c1nc2ccc(OCc3cn([C@@H](Cc4ccccc4)C(=O)NCCN4CCN(Cc5ccccc5)CC4)nn3)cc2s1. The predicted molar refractivity (Wildman–Crippen MR) is 176 cm³/mol. The summed E-state index contributed by atoms with van der Waals surface area (Å²) in [4.78, 5) is 22.4. The van der Waals surface area contributed by atoms with Crippen LogP contribution in [0.3, 0.4) is 0 Å². The number of nitrogens with two attached hydrogens (primary N) is 1. The molecule has 0 saturated carbocycles. The van der Waals surface area contributed by atoms with Gasteiger partial charge in [0, 0.05) is 52.2 Å². The van der Waals surface area contributed by atoms with Crippen molar-refractivity contribution < 1.29 is 17.9 Å². The molecule has 1 amide bonds. The van der Waals surface area contributed by atoms with Crippen LogP contribution in [0.5, 0.6) is 5.75 Å². The molecule has 1 aliphatic heterocycles.